The number of benzene rings is 1. The fourth-order valence-electron chi connectivity index (χ4n) is 1.77. The highest BCUT2D eigenvalue weighted by Gasteiger charge is 2.15. The summed E-state index contributed by atoms with van der Waals surface area (Å²) in [7, 11) is 0. The van der Waals surface area contributed by atoms with Gasteiger partial charge in [-0.2, -0.15) is 0 Å². The lowest BCUT2D eigenvalue weighted by Gasteiger charge is -2.13. The Balaban J connectivity index is 2.22. The van der Waals surface area contributed by atoms with Crippen LogP contribution in [0.1, 0.15) is 23.2 Å². The van der Waals surface area contributed by atoms with Gasteiger partial charge in [0.05, 0.1) is 5.69 Å². The average Bonchev–Trinajstić information content (AvgIpc) is 2.38. The van der Waals surface area contributed by atoms with E-state index in [1.54, 1.807) is 31.3 Å². The van der Waals surface area contributed by atoms with Crippen molar-refractivity contribution in [1.29, 1.82) is 0 Å². The van der Waals surface area contributed by atoms with Crippen LogP contribution in [0.4, 0.5) is 14.5 Å². The molecule has 0 aliphatic carbocycles. The van der Waals surface area contributed by atoms with Crippen molar-refractivity contribution in [2.75, 3.05) is 5.73 Å². The van der Waals surface area contributed by atoms with E-state index in [1.165, 1.54) is 12.1 Å². The summed E-state index contributed by atoms with van der Waals surface area (Å²) in [6, 6.07) is 7.92. The van der Waals surface area contributed by atoms with E-state index in [-0.39, 0.29) is 12.2 Å². The average molecular weight is 264 g/mol. The zero-order valence-electron chi connectivity index (χ0n) is 10.4. The monoisotopic (exact) mass is 264 g/mol. The molecule has 1 aromatic heterocycles. The zero-order chi connectivity index (χ0) is 13.8. The third-order valence-corrected chi connectivity index (χ3v) is 2.81. The smallest absolute Gasteiger partial charge is 0.264 e. The van der Waals surface area contributed by atoms with Crippen LogP contribution in [0.2, 0.25) is 0 Å². The molecule has 1 aromatic carbocycles. The first-order valence-electron chi connectivity index (χ1n) is 5.79. The molecule has 0 atom stereocenters. The van der Waals surface area contributed by atoms with Gasteiger partial charge in [-0.25, -0.2) is 8.78 Å². The molecular formula is C14H14F2N2O. The molecule has 0 amide bonds. The molecule has 0 unspecified atom stereocenters. The van der Waals surface area contributed by atoms with Gasteiger partial charge < -0.3 is 10.5 Å². The van der Waals surface area contributed by atoms with Gasteiger partial charge in [0, 0.05) is 23.0 Å². The van der Waals surface area contributed by atoms with E-state index in [9.17, 15) is 8.78 Å². The fraction of sp³-hybridized carbons (Fsp3) is 0.214. The number of rotatable bonds is 4. The van der Waals surface area contributed by atoms with Gasteiger partial charge in [0.2, 0.25) is 0 Å². The maximum Gasteiger partial charge on any atom is 0.264 e. The third-order valence-electron chi connectivity index (χ3n) is 2.81. The minimum atomic E-state index is -2.57. The summed E-state index contributed by atoms with van der Waals surface area (Å²) in [5.74, 6) is 0.561. The number of nitrogens with zero attached hydrogens (tertiary/aromatic N) is 1. The quantitative estimate of drug-likeness (QED) is 0.860. The van der Waals surface area contributed by atoms with Gasteiger partial charge in [-0.1, -0.05) is 12.1 Å². The Hall–Kier alpha value is -2.17. The van der Waals surface area contributed by atoms with Crippen LogP contribution in [0.3, 0.4) is 0 Å². The molecule has 2 rings (SSSR count). The van der Waals surface area contributed by atoms with Gasteiger partial charge in [-0.05, 0) is 25.1 Å². The summed E-state index contributed by atoms with van der Waals surface area (Å²) in [4.78, 5) is 4.07. The van der Waals surface area contributed by atoms with Crippen LogP contribution in [0.5, 0.6) is 5.75 Å². The number of nitrogens with two attached hydrogens (primary N) is 1. The molecule has 2 N–H and O–H groups in total. The highest BCUT2D eigenvalue weighted by Crippen LogP contribution is 2.28. The highest BCUT2D eigenvalue weighted by molar-refractivity contribution is 5.51. The predicted octanol–water partition coefficient (Wildman–Crippen LogP) is 3.49. The summed E-state index contributed by atoms with van der Waals surface area (Å²) in [6.07, 6.45) is -0.930. The Morgan fingerprint density at radius 2 is 2.05 bits per heavy atom. The molecule has 0 saturated carbocycles. The number of hydrogen-bond acceptors (Lipinski definition) is 3. The van der Waals surface area contributed by atoms with E-state index in [4.69, 9.17) is 10.5 Å². The number of hydrogen-bond donors (Lipinski definition) is 1. The number of aromatic nitrogens is 1. The molecule has 0 aliphatic rings. The number of anilines is 1. The van der Waals surface area contributed by atoms with Crippen LogP contribution in [-0.4, -0.2) is 4.98 Å². The third kappa shape index (κ3) is 2.99. The SMILES string of the molecule is Cc1ncccc1OCc1c(N)cccc1C(F)F. The lowest BCUT2D eigenvalue weighted by molar-refractivity contribution is 0.148. The second-order valence-electron chi connectivity index (χ2n) is 4.09. The molecule has 0 saturated heterocycles. The Kier molecular flexibility index (Phi) is 3.94. The molecule has 2 aromatic rings. The molecule has 0 radical (unpaired) electrons. The van der Waals surface area contributed by atoms with Crippen molar-refractivity contribution in [3.05, 3.63) is 53.3 Å². The van der Waals surface area contributed by atoms with Gasteiger partial charge in [0.1, 0.15) is 12.4 Å². The summed E-state index contributed by atoms with van der Waals surface area (Å²) < 4.78 is 31.3. The van der Waals surface area contributed by atoms with Crippen molar-refractivity contribution in [2.24, 2.45) is 0 Å². The molecule has 0 bridgehead atoms. The number of halogens is 2. The van der Waals surface area contributed by atoms with Crippen LogP contribution in [0.15, 0.2) is 36.5 Å². The van der Waals surface area contributed by atoms with E-state index in [2.05, 4.69) is 4.98 Å². The lowest BCUT2D eigenvalue weighted by Crippen LogP contribution is -2.05. The number of nitrogen functional groups attached to an aromatic ring is 1. The van der Waals surface area contributed by atoms with Crippen molar-refractivity contribution in [3.63, 3.8) is 0 Å². The first kappa shape index (κ1) is 13.3. The normalized spacial score (nSPS) is 10.7. The van der Waals surface area contributed by atoms with Crippen molar-refractivity contribution in [1.82, 2.24) is 4.98 Å². The van der Waals surface area contributed by atoms with Crippen LogP contribution in [-0.2, 0) is 6.61 Å². The van der Waals surface area contributed by atoms with Crippen molar-refractivity contribution < 1.29 is 13.5 Å². The Morgan fingerprint density at radius 1 is 1.26 bits per heavy atom. The summed E-state index contributed by atoms with van der Waals surface area (Å²) in [5, 5.41) is 0. The first-order chi connectivity index (χ1) is 9.09. The largest absolute Gasteiger partial charge is 0.487 e. The van der Waals surface area contributed by atoms with Crippen LogP contribution in [0.25, 0.3) is 0 Å². The van der Waals surface area contributed by atoms with Crippen LogP contribution in [0, 0.1) is 6.92 Å². The van der Waals surface area contributed by atoms with Gasteiger partial charge in [-0.3, -0.25) is 4.98 Å². The summed E-state index contributed by atoms with van der Waals surface area (Å²) in [5.41, 5.74) is 6.97. The fourth-order valence-corrected chi connectivity index (χ4v) is 1.77. The molecular weight excluding hydrogens is 250 g/mol. The molecule has 19 heavy (non-hydrogen) atoms. The van der Waals surface area contributed by atoms with Gasteiger partial charge in [0.15, 0.2) is 0 Å². The minimum Gasteiger partial charge on any atom is -0.487 e. The minimum absolute atomic E-state index is 0.00111. The summed E-state index contributed by atoms with van der Waals surface area (Å²) >= 11 is 0. The lowest BCUT2D eigenvalue weighted by atomic mass is 10.1. The van der Waals surface area contributed by atoms with Crippen molar-refractivity contribution >= 4 is 5.69 Å². The number of ether oxygens (including phenoxy) is 1. The van der Waals surface area contributed by atoms with E-state index in [0.29, 0.717) is 22.7 Å². The second kappa shape index (κ2) is 5.65. The summed E-state index contributed by atoms with van der Waals surface area (Å²) in [6.45, 7) is 1.79. The number of pyridine rings is 1. The maximum atomic E-state index is 12.9. The molecule has 5 heteroatoms. The Bertz CT molecular complexity index is 573. The molecule has 3 nitrogen and oxygen atoms in total. The number of aryl methyl sites for hydroxylation is 1. The molecule has 0 aliphatic heterocycles. The second-order valence-corrected chi connectivity index (χ2v) is 4.09. The van der Waals surface area contributed by atoms with E-state index in [0.717, 1.165) is 0 Å². The van der Waals surface area contributed by atoms with Crippen molar-refractivity contribution in [3.8, 4) is 5.75 Å². The molecule has 0 spiro atoms. The standard InChI is InChI=1S/C14H14F2N2O/c1-9-13(6-3-7-18-9)19-8-11-10(14(15)16)4-2-5-12(11)17/h2-7,14H,8,17H2,1H3. The molecule has 100 valence electrons. The Morgan fingerprint density at radius 3 is 2.74 bits per heavy atom. The topological polar surface area (TPSA) is 48.1 Å². The van der Waals surface area contributed by atoms with Gasteiger partial charge in [-0.15, -0.1) is 0 Å². The molecule has 0 fully saturated rings. The van der Waals surface area contributed by atoms with Gasteiger partial charge >= 0.3 is 0 Å². The first-order valence-corrected chi connectivity index (χ1v) is 5.79. The highest BCUT2D eigenvalue weighted by atomic mass is 19.3. The predicted molar refractivity (Wildman–Crippen MR) is 69.1 cm³/mol. The zero-order valence-corrected chi connectivity index (χ0v) is 10.4. The van der Waals surface area contributed by atoms with E-state index < -0.39 is 6.43 Å². The van der Waals surface area contributed by atoms with Crippen LogP contribution < -0.4 is 10.5 Å². The van der Waals surface area contributed by atoms with Crippen LogP contribution >= 0.6 is 0 Å². The van der Waals surface area contributed by atoms with Crippen molar-refractivity contribution in [2.45, 2.75) is 20.0 Å². The maximum absolute atomic E-state index is 12.9. The van der Waals surface area contributed by atoms with E-state index in [1.807, 2.05) is 0 Å². The number of alkyl halides is 2. The Labute approximate surface area is 110 Å². The van der Waals surface area contributed by atoms with Gasteiger partial charge in [0.25, 0.3) is 6.43 Å². The molecule has 1 heterocycles. The van der Waals surface area contributed by atoms with E-state index >= 15 is 0 Å².